The predicted molar refractivity (Wildman–Crippen MR) is 74.3 cm³/mol. The minimum absolute atomic E-state index is 0.297. The van der Waals surface area contributed by atoms with Gasteiger partial charge in [0.05, 0.1) is 24.5 Å². The van der Waals surface area contributed by atoms with Crippen LogP contribution in [0.3, 0.4) is 0 Å². The van der Waals surface area contributed by atoms with Crippen molar-refractivity contribution in [1.82, 2.24) is 0 Å². The van der Waals surface area contributed by atoms with E-state index < -0.39 is 0 Å². The van der Waals surface area contributed by atoms with Crippen LogP contribution in [-0.2, 0) is 0 Å². The summed E-state index contributed by atoms with van der Waals surface area (Å²) in [6, 6.07) is 16.8. The first-order valence-electron chi connectivity index (χ1n) is 6.10. The second-order valence-corrected chi connectivity index (χ2v) is 4.40. The summed E-state index contributed by atoms with van der Waals surface area (Å²) in [7, 11) is 1.69. The molecule has 2 N–H and O–H groups in total. The van der Waals surface area contributed by atoms with Crippen LogP contribution in [0.2, 0.25) is 0 Å². The number of methoxy groups -OCH3 is 1. The van der Waals surface area contributed by atoms with Crippen molar-refractivity contribution in [3.63, 3.8) is 0 Å². The van der Waals surface area contributed by atoms with E-state index in [9.17, 15) is 0 Å². The molecule has 92 valence electrons. The first kappa shape index (κ1) is 11.0. The van der Waals surface area contributed by atoms with Gasteiger partial charge in [-0.15, -0.1) is 0 Å². The number of rotatable bonds is 2. The van der Waals surface area contributed by atoms with E-state index in [1.54, 1.807) is 7.11 Å². The van der Waals surface area contributed by atoms with Gasteiger partial charge in [0.1, 0.15) is 5.75 Å². The third kappa shape index (κ3) is 1.99. The zero-order valence-corrected chi connectivity index (χ0v) is 10.3. The number of benzene rings is 2. The normalized spacial score (nSPS) is 17.3. The van der Waals surface area contributed by atoms with Crippen LogP contribution in [0.5, 0.6) is 5.75 Å². The highest BCUT2D eigenvalue weighted by Crippen LogP contribution is 2.31. The van der Waals surface area contributed by atoms with E-state index in [-0.39, 0.29) is 0 Å². The molecule has 0 saturated heterocycles. The number of nitrogens with one attached hydrogen (secondary N) is 2. The highest BCUT2D eigenvalue weighted by molar-refractivity contribution is 5.71. The van der Waals surface area contributed by atoms with Gasteiger partial charge in [-0.25, -0.2) is 0 Å². The molecule has 0 aliphatic carbocycles. The molecule has 1 aliphatic rings. The molecule has 2 aromatic carbocycles. The molecule has 0 spiro atoms. The third-order valence-corrected chi connectivity index (χ3v) is 3.27. The highest BCUT2D eigenvalue weighted by Gasteiger charge is 2.17. The molecule has 0 aromatic heterocycles. The van der Waals surface area contributed by atoms with Gasteiger partial charge in [0.15, 0.2) is 0 Å². The van der Waals surface area contributed by atoms with E-state index in [0.717, 1.165) is 18.0 Å². The van der Waals surface area contributed by atoms with Gasteiger partial charge in [0.2, 0.25) is 0 Å². The molecule has 0 amide bonds. The van der Waals surface area contributed by atoms with E-state index in [1.165, 1.54) is 11.3 Å². The summed E-state index contributed by atoms with van der Waals surface area (Å²) in [5.41, 5.74) is 3.59. The first-order chi connectivity index (χ1) is 8.86. The van der Waals surface area contributed by atoms with Crippen molar-refractivity contribution in [3.8, 4) is 5.75 Å². The van der Waals surface area contributed by atoms with Gasteiger partial charge in [-0.1, -0.05) is 24.3 Å². The number of fused-ring (bicyclic) bond motifs is 1. The van der Waals surface area contributed by atoms with Crippen molar-refractivity contribution in [3.05, 3.63) is 54.1 Å². The molecule has 1 aliphatic heterocycles. The fourth-order valence-electron chi connectivity index (χ4n) is 2.25. The summed E-state index contributed by atoms with van der Waals surface area (Å²) in [6.45, 7) is 0.892. The van der Waals surface area contributed by atoms with Crippen LogP contribution < -0.4 is 15.4 Å². The van der Waals surface area contributed by atoms with E-state index in [0.29, 0.717) is 6.04 Å². The van der Waals surface area contributed by atoms with Crippen LogP contribution in [0.4, 0.5) is 11.4 Å². The molecule has 0 bridgehead atoms. The van der Waals surface area contributed by atoms with Gasteiger partial charge in [-0.2, -0.15) is 0 Å². The van der Waals surface area contributed by atoms with Gasteiger partial charge < -0.3 is 15.4 Å². The molecule has 0 fully saturated rings. The van der Waals surface area contributed by atoms with Crippen molar-refractivity contribution < 1.29 is 4.74 Å². The Morgan fingerprint density at radius 2 is 1.72 bits per heavy atom. The number of para-hydroxylation sites is 2. The Morgan fingerprint density at radius 1 is 1.00 bits per heavy atom. The summed E-state index contributed by atoms with van der Waals surface area (Å²) in [5.74, 6) is 0.892. The Balaban J connectivity index is 1.82. The fraction of sp³-hybridized carbons (Fsp3) is 0.200. The van der Waals surface area contributed by atoms with Crippen molar-refractivity contribution in [1.29, 1.82) is 0 Å². The molecule has 2 aromatic rings. The van der Waals surface area contributed by atoms with Gasteiger partial charge >= 0.3 is 0 Å². The molecule has 3 nitrogen and oxygen atoms in total. The maximum atomic E-state index is 5.18. The summed E-state index contributed by atoms with van der Waals surface area (Å²) in [4.78, 5) is 0. The molecule has 1 heterocycles. The van der Waals surface area contributed by atoms with Crippen molar-refractivity contribution in [2.24, 2.45) is 0 Å². The molecular formula is C15H16N2O. The standard InChI is InChI=1S/C15H16N2O/c1-18-12-8-6-11(7-9-12)15-10-16-13-4-2-3-5-14(13)17-15/h2-9,15-17H,10H2,1H3/t15-/m0/s1. The van der Waals surface area contributed by atoms with Crippen LogP contribution >= 0.6 is 0 Å². The monoisotopic (exact) mass is 240 g/mol. The first-order valence-corrected chi connectivity index (χ1v) is 6.10. The van der Waals surface area contributed by atoms with Crippen LogP contribution in [0.25, 0.3) is 0 Å². The van der Waals surface area contributed by atoms with E-state index in [4.69, 9.17) is 4.74 Å². The number of hydrogen-bond donors (Lipinski definition) is 2. The Morgan fingerprint density at radius 3 is 2.44 bits per heavy atom. The summed E-state index contributed by atoms with van der Waals surface area (Å²) in [6.07, 6.45) is 0. The second-order valence-electron chi connectivity index (χ2n) is 4.40. The molecule has 0 radical (unpaired) electrons. The van der Waals surface area contributed by atoms with E-state index in [2.05, 4.69) is 34.9 Å². The molecule has 0 unspecified atom stereocenters. The molecule has 3 rings (SSSR count). The lowest BCUT2D eigenvalue weighted by molar-refractivity contribution is 0.414. The van der Waals surface area contributed by atoms with Crippen LogP contribution in [0.15, 0.2) is 48.5 Å². The minimum atomic E-state index is 0.297. The highest BCUT2D eigenvalue weighted by atomic mass is 16.5. The van der Waals surface area contributed by atoms with Gasteiger partial charge in [0.25, 0.3) is 0 Å². The summed E-state index contributed by atoms with van der Waals surface area (Å²) in [5, 5.41) is 6.99. The summed E-state index contributed by atoms with van der Waals surface area (Å²) >= 11 is 0. The molecular weight excluding hydrogens is 224 g/mol. The van der Waals surface area contributed by atoms with Gasteiger partial charge in [-0.3, -0.25) is 0 Å². The maximum Gasteiger partial charge on any atom is 0.118 e. The Labute approximate surface area is 107 Å². The SMILES string of the molecule is COc1ccc([C@@H]2CNc3ccccc3N2)cc1. The van der Waals surface area contributed by atoms with Gasteiger partial charge in [-0.05, 0) is 29.8 Å². The predicted octanol–water partition coefficient (Wildman–Crippen LogP) is 3.27. The topological polar surface area (TPSA) is 33.3 Å². The number of ether oxygens (including phenoxy) is 1. The quantitative estimate of drug-likeness (QED) is 0.845. The molecule has 0 saturated carbocycles. The number of hydrogen-bond acceptors (Lipinski definition) is 3. The van der Waals surface area contributed by atoms with Crippen molar-refractivity contribution in [2.45, 2.75) is 6.04 Å². The van der Waals surface area contributed by atoms with Crippen molar-refractivity contribution in [2.75, 3.05) is 24.3 Å². The lowest BCUT2D eigenvalue weighted by Gasteiger charge is -2.28. The molecule has 18 heavy (non-hydrogen) atoms. The van der Waals surface area contributed by atoms with Crippen LogP contribution in [0, 0.1) is 0 Å². The lowest BCUT2D eigenvalue weighted by atomic mass is 10.0. The largest absolute Gasteiger partial charge is 0.497 e. The summed E-state index contributed by atoms with van der Waals surface area (Å²) < 4.78 is 5.18. The average molecular weight is 240 g/mol. The lowest BCUT2D eigenvalue weighted by Crippen LogP contribution is -2.25. The fourth-order valence-corrected chi connectivity index (χ4v) is 2.25. The number of anilines is 2. The minimum Gasteiger partial charge on any atom is -0.497 e. The van der Waals surface area contributed by atoms with Gasteiger partial charge in [0, 0.05) is 6.54 Å². The Hall–Kier alpha value is -2.16. The maximum absolute atomic E-state index is 5.18. The smallest absolute Gasteiger partial charge is 0.118 e. The van der Waals surface area contributed by atoms with Crippen LogP contribution in [-0.4, -0.2) is 13.7 Å². The molecule has 3 heteroatoms. The zero-order chi connectivity index (χ0) is 12.4. The van der Waals surface area contributed by atoms with Crippen molar-refractivity contribution >= 4 is 11.4 Å². The Bertz CT molecular complexity index is 536. The zero-order valence-electron chi connectivity index (χ0n) is 10.3. The molecule has 1 atom stereocenters. The Kier molecular flexibility index (Phi) is 2.81. The van der Waals surface area contributed by atoms with Crippen LogP contribution in [0.1, 0.15) is 11.6 Å². The second kappa shape index (κ2) is 4.61. The van der Waals surface area contributed by atoms with E-state index >= 15 is 0 Å². The third-order valence-electron chi connectivity index (χ3n) is 3.27. The van der Waals surface area contributed by atoms with E-state index in [1.807, 2.05) is 24.3 Å². The average Bonchev–Trinajstić information content (AvgIpc) is 2.47.